The third-order valence-corrected chi connectivity index (χ3v) is 5.37. The molecule has 0 N–H and O–H groups in total. The Morgan fingerprint density at radius 3 is 2.72 bits per heavy atom. The zero-order valence-corrected chi connectivity index (χ0v) is 17.0. The highest BCUT2D eigenvalue weighted by atomic mass is 16.5. The lowest BCUT2D eigenvalue weighted by Gasteiger charge is -2.30. The predicted molar refractivity (Wildman–Crippen MR) is 110 cm³/mol. The number of nitrogens with zero attached hydrogens (tertiary/aromatic N) is 5. The maximum atomic E-state index is 12.8. The number of hydrogen-bond donors (Lipinski definition) is 0. The molecule has 1 saturated heterocycles. The molecule has 4 rings (SSSR count). The van der Waals surface area contributed by atoms with Crippen molar-refractivity contribution in [3.63, 3.8) is 0 Å². The van der Waals surface area contributed by atoms with E-state index < -0.39 is 0 Å². The van der Waals surface area contributed by atoms with Crippen molar-refractivity contribution in [3.8, 4) is 5.69 Å². The van der Waals surface area contributed by atoms with Crippen LogP contribution in [0.5, 0.6) is 0 Å². The van der Waals surface area contributed by atoms with Gasteiger partial charge in [0, 0.05) is 30.4 Å². The van der Waals surface area contributed by atoms with Crippen molar-refractivity contribution in [1.29, 1.82) is 0 Å². The van der Waals surface area contributed by atoms with Gasteiger partial charge >= 0.3 is 0 Å². The molecule has 1 aliphatic rings. The lowest BCUT2D eigenvalue weighted by atomic mass is 9.98. The van der Waals surface area contributed by atoms with Crippen LogP contribution in [0.4, 0.5) is 0 Å². The molecular weight excluding hydrogens is 366 g/mol. The van der Waals surface area contributed by atoms with Crippen LogP contribution in [-0.4, -0.2) is 43.8 Å². The number of hydrogen-bond acceptors (Lipinski definition) is 5. The van der Waals surface area contributed by atoms with Crippen molar-refractivity contribution in [2.24, 2.45) is 0 Å². The largest absolute Gasteiger partial charge is 0.339 e. The van der Waals surface area contributed by atoms with Crippen molar-refractivity contribution in [3.05, 3.63) is 65.1 Å². The van der Waals surface area contributed by atoms with Gasteiger partial charge in [-0.3, -0.25) is 4.79 Å². The summed E-state index contributed by atoms with van der Waals surface area (Å²) in [5.74, 6) is 1.35. The fourth-order valence-corrected chi connectivity index (χ4v) is 3.83. The number of benzene rings is 1. The van der Waals surface area contributed by atoms with Crippen LogP contribution in [-0.2, 0) is 4.79 Å². The number of aryl methyl sites for hydroxylation is 2. The van der Waals surface area contributed by atoms with E-state index in [1.807, 2.05) is 66.8 Å². The topological polar surface area (TPSA) is 77.0 Å². The lowest BCUT2D eigenvalue weighted by molar-refractivity contribution is -0.127. The SMILES string of the molecule is Cc1noc(C2CCCN(C(=O)/C=C/c3c(C)nn(-c4ccccc4)c3C)C2)n1. The average molecular weight is 391 g/mol. The maximum Gasteiger partial charge on any atom is 0.246 e. The van der Waals surface area contributed by atoms with Gasteiger partial charge in [0.05, 0.1) is 17.3 Å². The molecule has 0 bridgehead atoms. The van der Waals surface area contributed by atoms with Gasteiger partial charge in [0.25, 0.3) is 0 Å². The minimum atomic E-state index is -0.00259. The summed E-state index contributed by atoms with van der Waals surface area (Å²) in [6.07, 6.45) is 5.40. The number of aromatic nitrogens is 4. The second kappa shape index (κ2) is 8.03. The molecule has 2 aromatic heterocycles. The molecular formula is C22H25N5O2. The number of rotatable bonds is 4. The molecule has 1 fully saturated rings. The lowest BCUT2D eigenvalue weighted by Crippen LogP contribution is -2.38. The number of piperidine rings is 1. The fraction of sp³-hybridized carbons (Fsp3) is 0.364. The maximum absolute atomic E-state index is 12.8. The third-order valence-electron chi connectivity index (χ3n) is 5.37. The van der Waals surface area contributed by atoms with Gasteiger partial charge in [-0.1, -0.05) is 23.4 Å². The van der Waals surface area contributed by atoms with Crippen molar-refractivity contribution in [2.75, 3.05) is 13.1 Å². The van der Waals surface area contributed by atoms with E-state index in [9.17, 15) is 4.79 Å². The Hall–Kier alpha value is -3.22. The molecule has 1 atom stereocenters. The molecule has 1 unspecified atom stereocenters. The number of carbonyl (C=O) groups is 1. The van der Waals surface area contributed by atoms with Crippen LogP contribution in [0.25, 0.3) is 11.8 Å². The summed E-state index contributed by atoms with van der Waals surface area (Å²) in [5.41, 5.74) is 3.89. The molecule has 0 saturated carbocycles. The highest BCUT2D eigenvalue weighted by Gasteiger charge is 2.27. The Kier molecular flexibility index (Phi) is 5.29. The van der Waals surface area contributed by atoms with Gasteiger partial charge in [-0.2, -0.15) is 10.1 Å². The highest BCUT2D eigenvalue weighted by molar-refractivity contribution is 5.92. The molecule has 0 radical (unpaired) electrons. The zero-order valence-electron chi connectivity index (χ0n) is 17.0. The van der Waals surface area contributed by atoms with E-state index >= 15 is 0 Å². The first-order valence-electron chi connectivity index (χ1n) is 9.92. The summed E-state index contributed by atoms with van der Waals surface area (Å²) in [6, 6.07) is 10.00. The van der Waals surface area contributed by atoms with Crippen molar-refractivity contribution < 1.29 is 9.32 Å². The van der Waals surface area contributed by atoms with E-state index in [-0.39, 0.29) is 11.8 Å². The molecule has 150 valence electrons. The molecule has 0 spiro atoms. The van der Waals surface area contributed by atoms with E-state index in [0.29, 0.717) is 18.3 Å². The van der Waals surface area contributed by atoms with Gasteiger partial charge in [-0.25, -0.2) is 4.68 Å². The van der Waals surface area contributed by atoms with Crippen LogP contribution in [0.2, 0.25) is 0 Å². The van der Waals surface area contributed by atoms with E-state index in [1.165, 1.54) is 0 Å². The van der Waals surface area contributed by atoms with E-state index in [0.717, 1.165) is 42.0 Å². The number of amides is 1. The summed E-state index contributed by atoms with van der Waals surface area (Å²) in [4.78, 5) is 19.0. The minimum absolute atomic E-state index is 0.00259. The van der Waals surface area contributed by atoms with Crippen LogP contribution in [0.1, 0.15) is 47.4 Å². The third kappa shape index (κ3) is 3.99. The van der Waals surface area contributed by atoms with Crippen LogP contribution < -0.4 is 0 Å². The van der Waals surface area contributed by atoms with Gasteiger partial charge in [0.15, 0.2) is 5.82 Å². The predicted octanol–water partition coefficient (Wildman–Crippen LogP) is 3.60. The molecule has 29 heavy (non-hydrogen) atoms. The van der Waals surface area contributed by atoms with Gasteiger partial charge in [0.2, 0.25) is 11.8 Å². The van der Waals surface area contributed by atoms with E-state index in [2.05, 4.69) is 15.2 Å². The quantitative estimate of drug-likeness (QED) is 0.635. The summed E-state index contributed by atoms with van der Waals surface area (Å²) in [5, 5.41) is 8.51. The smallest absolute Gasteiger partial charge is 0.246 e. The van der Waals surface area contributed by atoms with Crippen molar-refractivity contribution in [2.45, 2.75) is 39.5 Å². The molecule has 1 aliphatic heterocycles. The average Bonchev–Trinajstić information content (AvgIpc) is 3.30. The van der Waals surface area contributed by atoms with Crippen molar-refractivity contribution in [1.82, 2.24) is 24.8 Å². The molecule has 1 aromatic carbocycles. The number of likely N-dealkylation sites (tertiary alicyclic amines) is 1. The van der Waals surface area contributed by atoms with Crippen LogP contribution in [0, 0.1) is 20.8 Å². The first-order chi connectivity index (χ1) is 14.0. The van der Waals surface area contributed by atoms with Crippen LogP contribution in [0.15, 0.2) is 40.9 Å². The Labute approximate surface area is 170 Å². The summed E-state index contributed by atoms with van der Waals surface area (Å²) in [6.45, 7) is 7.14. The number of para-hydroxylation sites is 1. The molecule has 0 aliphatic carbocycles. The van der Waals surface area contributed by atoms with Crippen LogP contribution >= 0.6 is 0 Å². The molecule has 1 amide bonds. The Morgan fingerprint density at radius 1 is 1.21 bits per heavy atom. The van der Waals surface area contributed by atoms with Crippen molar-refractivity contribution >= 4 is 12.0 Å². The fourth-order valence-electron chi connectivity index (χ4n) is 3.83. The normalized spacial score (nSPS) is 17.2. The molecule has 3 aromatic rings. The second-order valence-corrected chi connectivity index (χ2v) is 7.47. The highest BCUT2D eigenvalue weighted by Crippen LogP contribution is 2.26. The van der Waals surface area contributed by atoms with E-state index in [4.69, 9.17) is 4.52 Å². The first-order valence-corrected chi connectivity index (χ1v) is 9.92. The molecule has 7 nitrogen and oxygen atoms in total. The summed E-state index contributed by atoms with van der Waals surface area (Å²) < 4.78 is 7.22. The van der Waals surface area contributed by atoms with Gasteiger partial charge < -0.3 is 9.42 Å². The molecule has 7 heteroatoms. The second-order valence-electron chi connectivity index (χ2n) is 7.47. The van der Waals surface area contributed by atoms with Gasteiger partial charge in [-0.05, 0) is 51.8 Å². The summed E-state index contributed by atoms with van der Waals surface area (Å²) in [7, 11) is 0. The first kappa shape index (κ1) is 19.1. The molecule has 3 heterocycles. The Bertz CT molecular complexity index is 1030. The number of carbonyl (C=O) groups excluding carboxylic acids is 1. The minimum Gasteiger partial charge on any atom is -0.339 e. The zero-order chi connectivity index (χ0) is 20.4. The van der Waals surface area contributed by atoms with Crippen LogP contribution in [0.3, 0.4) is 0 Å². The Balaban J connectivity index is 1.49. The van der Waals surface area contributed by atoms with Gasteiger partial charge in [0.1, 0.15) is 0 Å². The monoisotopic (exact) mass is 391 g/mol. The summed E-state index contributed by atoms with van der Waals surface area (Å²) >= 11 is 0. The Morgan fingerprint density at radius 2 is 2.00 bits per heavy atom. The van der Waals surface area contributed by atoms with Gasteiger partial charge in [-0.15, -0.1) is 0 Å². The standard InChI is InChI=1S/C22H25N5O2/c1-15-20(16(2)27(24-15)19-9-5-4-6-10-19)11-12-21(28)26-13-7-8-18(14-26)22-23-17(3)25-29-22/h4-6,9-12,18H,7-8,13-14H2,1-3H3/b12-11+. The van der Waals surface area contributed by atoms with E-state index in [1.54, 1.807) is 6.08 Å².